The maximum atomic E-state index is 9.68. The van der Waals surface area contributed by atoms with E-state index >= 15 is 0 Å². The number of rotatable bonds is 5. The molecule has 0 amide bonds. The maximum Gasteiger partial charge on any atom is 0.144 e. The fourth-order valence-electron chi connectivity index (χ4n) is 1.39. The van der Waals surface area contributed by atoms with Crippen LogP contribution >= 0.6 is 27.5 Å². The topological polar surface area (TPSA) is 45.1 Å². The van der Waals surface area contributed by atoms with E-state index in [-0.39, 0.29) is 6.10 Å². The zero-order chi connectivity index (χ0) is 12.1. The number of aliphatic hydroxyl groups excluding tert-OH is 1. The van der Waals surface area contributed by atoms with Gasteiger partial charge in [0, 0.05) is 17.2 Å². The first-order valence-electron chi connectivity index (χ1n) is 5.22. The van der Waals surface area contributed by atoms with Gasteiger partial charge in [0.1, 0.15) is 5.82 Å². The quantitative estimate of drug-likeness (QED) is 0.877. The molecule has 0 aliphatic rings. The Labute approximate surface area is 109 Å². The minimum Gasteiger partial charge on any atom is -0.391 e. The summed E-state index contributed by atoms with van der Waals surface area (Å²) in [6.45, 7) is 4.62. The van der Waals surface area contributed by atoms with Gasteiger partial charge in [0.2, 0.25) is 0 Å². The van der Waals surface area contributed by atoms with Gasteiger partial charge < -0.3 is 10.4 Å². The highest BCUT2D eigenvalue weighted by Gasteiger charge is 2.08. The minimum absolute atomic E-state index is 0.374. The van der Waals surface area contributed by atoms with E-state index in [0.717, 1.165) is 10.9 Å². The number of nitrogens with one attached hydrogen (secondary N) is 1. The first-order chi connectivity index (χ1) is 7.49. The van der Waals surface area contributed by atoms with Gasteiger partial charge in [0.15, 0.2) is 0 Å². The maximum absolute atomic E-state index is 9.68. The molecule has 0 radical (unpaired) electrons. The largest absolute Gasteiger partial charge is 0.391 e. The molecule has 0 bridgehead atoms. The number of halogens is 2. The van der Waals surface area contributed by atoms with Crippen LogP contribution in [0.5, 0.6) is 0 Å². The van der Waals surface area contributed by atoms with Crippen LogP contribution in [-0.4, -0.2) is 22.7 Å². The van der Waals surface area contributed by atoms with Crippen molar-refractivity contribution in [3.05, 3.63) is 21.8 Å². The molecule has 5 heteroatoms. The lowest BCUT2D eigenvalue weighted by Crippen LogP contribution is -2.21. The van der Waals surface area contributed by atoms with Crippen molar-refractivity contribution in [2.75, 3.05) is 11.9 Å². The predicted octanol–water partition coefficient (Wildman–Crippen LogP) is 3.32. The summed E-state index contributed by atoms with van der Waals surface area (Å²) in [5.41, 5.74) is 0. The summed E-state index contributed by atoms with van der Waals surface area (Å²) in [4.78, 5) is 4.13. The van der Waals surface area contributed by atoms with E-state index in [1.54, 1.807) is 12.3 Å². The van der Waals surface area contributed by atoms with Crippen LogP contribution in [0.2, 0.25) is 5.02 Å². The van der Waals surface area contributed by atoms with Crippen LogP contribution in [0.1, 0.15) is 20.3 Å². The van der Waals surface area contributed by atoms with Crippen molar-refractivity contribution in [2.24, 2.45) is 5.92 Å². The fourth-order valence-corrected chi connectivity index (χ4v) is 2.08. The van der Waals surface area contributed by atoms with Crippen LogP contribution in [0.15, 0.2) is 16.7 Å². The third-order valence-electron chi connectivity index (χ3n) is 2.06. The molecule has 3 nitrogen and oxygen atoms in total. The van der Waals surface area contributed by atoms with E-state index in [1.807, 2.05) is 0 Å². The van der Waals surface area contributed by atoms with Gasteiger partial charge in [-0.3, -0.25) is 0 Å². The van der Waals surface area contributed by atoms with Gasteiger partial charge in [0.05, 0.1) is 11.1 Å². The number of anilines is 1. The molecule has 1 unspecified atom stereocenters. The van der Waals surface area contributed by atoms with Gasteiger partial charge in [-0.2, -0.15) is 0 Å². The first kappa shape index (κ1) is 13.7. The smallest absolute Gasteiger partial charge is 0.144 e. The molecule has 2 N–H and O–H groups in total. The number of nitrogens with zero attached hydrogens (tertiary/aromatic N) is 1. The Morgan fingerprint density at radius 1 is 1.56 bits per heavy atom. The van der Waals surface area contributed by atoms with Crippen LogP contribution in [0, 0.1) is 5.92 Å². The Balaban J connectivity index is 2.48. The Hall–Kier alpha value is -0.320. The molecule has 0 aliphatic heterocycles. The van der Waals surface area contributed by atoms with Crippen LogP contribution in [0.25, 0.3) is 0 Å². The molecule has 1 aromatic heterocycles. The summed E-state index contributed by atoms with van der Waals surface area (Å²) >= 11 is 9.27. The van der Waals surface area contributed by atoms with Crippen molar-refractivity contribution >= 4 is 33.3 Å². The van der Waals surface area contributed by atoms with Gasteiger partial charge in [-0.25, -0.2) is 4.98 Å². The highest BCUT2D eigenvalue weighted by atomic mass is 79.9. The molecule has 0 fully saturated rings. The highest BCUT2D eigenvalue weighted by molar-refractivity contribution is 9.10. The van der Waals surface area contributed by atoms with E-state index < -0.39 is 0 Å². The zero-order valence-electron chi connectivity index (χ0n) is 9.37. The number of aliphatic hydroxyl groups is 1. The van der Waals surface area contributed by atoms with Crippen LogP contribution in [0.4, 0.5) is 5.82 Å². The second kappa shape index (κ2) is 6.42. The minimum atomic E-state index is -0.374. The monoisotopic (exact) mass is 306 g/mol. The average Bonchev–Trinajstić information content (AvgIpc) is 2.15. The molecule has 1 atom stereocenters. The molecule has 1 heterocycles. The van der Waals surface area contributed by atoms with Crippen LogP contribution in [0.3, 0.4) is 0 Å². The molecule has 0 saturated heterocycles. The van der Waals surface area contributed by atoms with Crippen molar-refractivity contribution < 1.29 is 5.11 Å². The van der Waals surface area contributed by atoms with Crippen molar-refractivity contribution in [3.63, 3.8) is 0 Å². The Morgan fingerprint density at radius 2 is 2.25 bits per heavy atom. The Kier molecular flexibility index (Phi) is 5.52. The molecular weight excluding hydrogens is 291 g/mol. The summed E-state index contributed by atoms with van der Waals surface area (Å²) in [6, 6.07) is 1.77. The van der Waals surface area contributed by atoms with Crippen molar-refractivity contribution in [2.45, 2.75) is 26.4 Å². The molecule has 0 aromatic carbocycles. The second-order valence-electron chi connectivity index (χ2n) is 4.15. The van der Waals surface area contributed by atoms with Gasteiger partial charge in [0.25, 0.3) is 0 Å². The average molecular weight is 308 g/mol. The Bertz CT molecular complexity index is 347. The van der Waals surface area contributed by atoms with Crippen LogP contribution in [-0.2, 0) is 0 Å². The van der Waals surface area contributed by atoms with Gasteiger partial charge >= 0.3 is 0 Å². The standard InChI is InChI=1S/C11H16BrClN2O/c1-7(2)3-9(16)6-15-11-10(13)4-8(12)5-14-11/h4-5,7,9,16H,3,6H2,1-2H3,(H,14,15). The molecule has 0 spiro atoms. The van der Waals surface area contributed by atoms with Crippen LogP contribution < -0.4 is 5.32 Å². The molecule has 1 aromatic rings. The van der Waals surface area contributed by atoms with Crippen molar-refractivity contribution in [1.82, 2.24) is 4.98 Å². The summed E-state index contributed by atoms with van der Waals surface area (Å²) < 4.78 is 0.839. The number of hydrogen-bond acceptors (Lipinski definition) is 3. The first-order valence-corrected chi connectivity index (χ1v) is 6.39. The fraction of sp³-hybridized carbons (Fsp3) is 0.545. The van der Waals surface area contributed by atoms with E-state index in [1.165, 1.54) is 0 Å². The lowest BCUT2D eigenvalue weighted by atomic mass is 10.1. The molecule has 0 aliphatic carbocycles. The lowest BCUT2D eigenvalue weighted by molar-refractivity contribution is 0.161. The molecule has 16 heavy (non-hydrogen) atoms. The number of hydrogen-bond donors (Lipinski definition) is 2. The third kappa shape index (κ3) is 4.68. The summed E-state index contributed by atoms with van der Waals surface area (Å²) in [5.74, 6) is 1.08. The van der Waals surface area contributed by atoms with E-state index in [9.17, 15) is 5.11 Å². The summed E-state index contributed by atoms with van der Waals surface area (Å²) in [5, 5.41) is 13.3. The number of pyridine rings is 1. The van der Waals surface area contributed by atoms with Crippen molar-refractivity contribution in [3.8, 4) is 0 Å². The van der Waals surface area contributed by atoms with E-state index in [2.05, 4.69) is 40.1 Å². The normalized spacial score (nSPS) is 12.9. The Morgan fingerprint density at radius 3 is 2.81 bits per heavy atom. The zero-order valence-corrected chi connectivity index (χ0v) is 11.7. The predicted molar refractivity (Wildman–Crippen MR) is 70.9 cm³/mol. The lowest BCUT2D eigenvalue weighted by Gasteiger charge is -2.14. The second-order valence-corrected chi connectivity index (χ2v) is 5.47. The molecule has 0 saturated carbocycles. The summed E-state index contributed by atoms with van der Waals surface area (Å²) in [7, 11) is 0. The highest BCUT2D eigenvalue weighted by Crippen LogP contribution is 2.22. The SMILES string of the molecule is CC(C)CC(O)CNc1ncc(Br)cc1Cl. The third-order valence-corrected chi connectivity index (χ3v) is 2.78. The van der Waals surface area contributed by atoms with E-state index in [0.29, 0.717) is 23.3 Å². The molecule has 1 rings (SSSR count). The van der Waals surface area contributed by atoms with Gasteiger partial charge in [-0.15, -0.1) is 0 Å². The number of aromatic nitrogens is 1. The van der Waals surface area contributed by atoms with E-state index in [4.69, 9.17) is 11.6 Å². The molecular formula is C11H16BrClN2O. The summed E-state index contributed by atoms with van der Waals surface area (Å²) in [6.07, 6.45) is 2.06. The molecule has 90 valence electrons. The van der Waals surface area contributed by atoms with Crippen molar-refractivity contribution in [1.29, 1.82) is 0 Å². The van der Waals surface area contributed by atoms with Gasteiger partial charge in [-0.1, -0.05) is 25.4 Å². The van der Waals surface area contributed by atoms with Gasteiger partial charge in [-0.05, 0) is 34.3 Å².